The Balaban J connectivity index is 2.33. The van der Waals surface area contributed by atoms with Crippen molar-refractivity contribution in [2.45, 2.75) is 50.7 Å². The van der Waals surface area contributed by atoms with Crippen LogP contribution in [0.5, 0.6) is 0 Å². The standard InChI is InChI=1S/C12H22N2O4/c13-6-4-2-1-3-5-11(16)14-8-9(15)7-10(14)12(17)18/h9-10,15H,1-8,13H2,(H,17,18)/t9-,10-/m0/s1. The summed E-state index contributed by atoms with van der Waals surface area (Å²) in [7, 11) is 0. The van der Waals surface area contributed by atoms with Crippen molar-refractivity contribution in [2.75, 3.05) is 13.1 Å². The van der Waals surface area contributed by atoms with Crippen LogP contribution in [0, 0.1) is 0 Å². The molecule has 1 amide bonds. The summed E-state index contributed by atoms with van der Waals surface area (Å²) in [6.07, 6.45) is 3.39. The number of nitrogens with zero attached hydrogens (tertiary/aromatic N) is 1. The minimum atomic E-state index is -1.04. The van der Waals surface area contributed by atoms with Crippen molar-refractivity contribution < 1.29 is 19.8 Å². The first-order valence-electron chi connectivity index (χ1n) is 6.46. The molecule has 18 heavy (non-hydrogen) atoms. The van der Waals surface area contributed by atoms with E-state index in [1.807, 2.05) is 0 Å². The molecule has 0 spiro atoms. The Labute approximate surface area is 107 Å². The Bertz CT molecular complexity index is 296. The van der Waals surface area contributed by atoms with E-state index in [4.69, 9.17) is 10.8 Å². The molecule has 6 nitrogen and oxygen atoms in total. The first-order chi connectivity index (χ1) is 8.56. The maximum Gasteiger partial charge on any atom is 0.326 e. The van der Waals surface area contributed by atoms with Crippen LogP contribution in [0.15, 0.2) is 0 Å². The highest BCUT2D eigenvalue weighted by Gasteiger charge is 2.38. The molecule has 1 aliphatic heterocycles. The van der Waals surface area contributed by atoms with Crippen molar-refractivity contribution in [3.63, 3.8) is 0 Å². The number of rotatable bonds is 7. The number of likely N-dealkylation sites (tertiary alicyclic amines) is 1. The Kier molecular flexibility index (Phi) is 6.07. The van der Waals surface area contributed by atoms with E-state index in [0.717, 1.165) is 25.7 Å². The van der Waals surface area contributed by atoms with E-state index in [1.54, 1.807) is 0 Å². The molecule has 104 valence electrons. The molecule has 1 saturated heterocycles. The number of carboxylic acids is 1. The normalized spacial score (nSPS) is 23.3. The maximum atomic E-state index is 11.9. The van der Waals surface area contributed by atoms with Gasteiger partial charge in [-0.2, -0.15) is 0 Å². The van der Waals surface area contributed by atoms with Crippen LogP contribution in [0.4, 0.5) is 0 Å². The molecule has 4 N–H and O–H groups in total. The predicted octanol–water partition coefficient (Wildman–Crippen LogP) is -0.0580. The van der Waals surface area contributed by atoms with Gasteiger partial charge in [0.05, 0.1) is 6.10 Å². The third kappa shape index (κ3) is 4.27. The molecule has 0 unspecified atom stereocenters. The topological polar surface area (TPSA) is 104 Å². The number of carbonyl (C=O) groups excluding carboxylic acids is 1. The Morgan fingerprint density at radius 3 is 2.50 bits per heavy atom. The summed E-state index contributed by atoms with van der Waals surface area (Å²) in [5.74, 6) is -1.21. The number of β-amino-alcohol motifs (C(OH)–C–C–N with tert-alkyl or cyclic N) is 1. The number of carbonyl (C=O) groups is 2. The van der Waals surface area contributed by atoms with Gasteiger partial charge in [-0.15, -0.1) is 0 Å². The van der Waals surface area contributed by atoms with Crippen molar-refractivity contribution in [1.82, 2.24) is 4.90 Å². The highest BCUT2D eigenvalue weighted by atomic mass is 16.4. The molecule has 2 atom stereocenters. The zero-order valence-electron chi connectivity index (χ0n) is 10.5. The average Bonchev–Trinajstić information content (AvgIpc) is 2.71. The largest absolute Gasteiger partial charge is 0.480 e. The van der Waals surface area contributed by atoms with Gasteiger partial charge in [0, 0.05) is 19.4 Å². The third-order valence-electron chi connectivity index (χ3n) is 3.23. The van der Waals surface area contributed by atoms with E-state index in [1.165, 1.54) is 4.90 Å². The highest BCUT2D eigenvalue weighted by Crippen LogP contribution is 2.20. The van der Waals surface area contributed by atoms with Crippen molar-refractivity contribution >= 4 is 11.9 Å². The molecule has 0 radical (unpaired) electrons. The number of aliphatic hydroxyl groups is 1. The van der Waals surface area contributed by atoms with Gasteiger partial charge >= 0.3 is 5.97 Å². The molecule has 1 fully saturated rings. The van der Waals surface area contributed by atoms with Crippen molar-refractivity contribution in [3.05, 3.63) is 0 Å². The lowest BCUT2D eigenvalue weighted by molar-refractivity contribution is -0.148. The number of nitrogens with two attached hydrogens (primary N) is 1. The van der Waals surface area contributed by atoms with Crippen LogP contribution in [0.3, 0.4) is 0 Å². The SMILES string of the molecule is NCCCCCCC(=O)N1C[C@@H](O)C[C@H]1C(=O)O. The molecule has 0 aromatic carbocycles. The van der Waals surface area contributed by atoms with Crippen LogP contribution < -0.4 is 5.73 Å². The van der Waals surface area contributed by atoms with Crippen molar-refractivity contribution in [1.29, 1.82) is 0 Å². The van der Waals surface area contributed by atoms with E-state index in [0.29, 0.717) is 13.0 Å². The van der Waals surface area contributed by atoms with Crippen LogP contribution in [0.2, 0.25) is 0 Å². The molecule has 0 aliphatic carbocycles. The van der Waals surface area contributed by atoms with Gasteiger partial charge in [0.15, 0.2) is 0 Å². The van der Waals surface area contributed by atoms with Crippen LogP contribution >= 0.6 is 0 Å². The summed E-state index contributed by atoms with van der Waals surface area (Å²) in [6.45, 7) is 0.798. The van der Waals surface area contributed by atoms with Crippen LogP contribution in [0.1, 0.15) is 38.5 Å². The Morgan fingerprint density at radius 2 is 1.89 bits per heavy atom. The molecule has 1 heterocycles. The average molecular weight is 258 g/mol. The molecular formula is C12H22N2O4. The zero-order chi connectivity index (χ0) is 13.5. The molecule has 0 aromatic rings. The summed E-state index contributed by atoms with van der Waals surface area (Å²) in [5.41, 5.74) is 5.37. The fraction of sp³-hybridized carbons (Fsp3) is 0.833. The van der Waals surface area contributed by atoms with E-state index in [9.17, 15) is 14.7 Å². The van der Waals surface area contributed by atoms with E-state index < -0.39 is 18.1 Å². The molecule has 0 bridgehead atoms. The maximum absolute atomic E-state index is 11.9. The molecular weight excluding hydrogens is 236 g/mol. The number of amides is 1. The number of unbranched alkanes of at least 4 members (excludes halogenated alkanes) is 3. The van der Waals surface area contributed by atoms with E-state index >= 15 is 0 Å². The van der Waals surface area contributed by atoms with Crippen LogP contribution in [0.25, 0.3) is 0 Å². The lowest BCUT2D eigenvalue weighted by Crippen LogP contribution is -2.40. The van der Waals surface area contributed by atoms with Gasteiger partial charge in [0.1, 0.15) is 6.04 Å². The summed E-state index contributed by atoms with van der Waals surface area (Å²) in [6, 6.07) is -0.864. The number of hydrogen-bond donors (Lipinski definition) is 3. The van der Waals surface area contributed by atoms with Gasteiger partial charge < -0.3 is 20.8 Å². The summed E-state index contributed by atoms with van der Waals surface area (Å²) >= 11 is 0. The molecule has 0 saturated carbocycles. The first kappa shape index (κ1) is 14.9. The first-order valence-corrected chi connectivity index (χ1v) is 6.46. The van der Waals surface area contributed by atoms with Gasteiger partial charge in [-0.25, -0.2) is 4.79 Å². The number of hydrogen-bond acceptors (Lipinski definition) is 4. The Hall–Kier alpha value is -1.14. The van der Waals surface area contributed by atoms with Crippen LogP contribution in [-0.2, 0) is 9.59 Å². The molecule has 0 aromatic heterocycles. The smallest absolute Gasteiger partial charge is 0.326 e. The second-order valence-electron chi connectivity index (χ2n) is 4.74. The van der Waals surface area contributed by atoms with Crippen molar-refractivity contribution in [3.8, 4) is 0 Å². The fourth-order valence-electron chi connectivity index (χ4n) is 2.24. The minimum absolute atomic E-state index is 0.133. The minimum Gasteiger partial charge on any atom is -0.480 e. The second-order valence-corrected chi connectivity index (χ2v) is 4.74. The van der Waals surface area contributed by atoms with E-state index in [2.05, 4.69) is 0 Å². The van der Waals surface area contributed by atoms with Crippen molar-refractivity contribution in [2.24, 2.45) is 5.73 Å². The molecule has 6 heteroatoms. The molecule has 1 rings (SSSR count). The summed E-state index contributed by atoms with van der Waals surface area (Å²) < 4.78 is 0. The number of aliphatic hydroxyl groups excluding tert-OH is 1. The quantitative estimate of drug-likeness (QED) is 0.555. The highest BCUT2D eigenvalue weighted by molar-refractivity contribution is 5.84. The van der Waals surface area contributed by atoms with Gasteiger partial charge in [0.2, 0.25) is 5.91 Å². The Morgan fingerprint density at radius 1 is 1.22 bits per heavy atom. The lowest BCUT2D eigenvalue weighted by Gasteiger charge is -2.21. The van der Waals surface area contributed by atoms with Gasteiger partial charge in [-0.3, -0.25) is 4.79 Å². The fourth-order valence-corrected chi connectivity index (χ4v) is 2.24. The zero-order valence-corrected chi connectivity index (χ0v) is 10.5. The lowest BCUT2D eigenvalue weighted by atomic mass is 10.1. The molecule has 1 aliphatic rings. The number of carboxylic acid groups (broad SMARTS) is 1. The van der Waals surface area contributed by atoms with Gasteiger partial charge in [-0.05, 0) is 19.4 Å². The predicted molar refractivity (Wildman–Crippen MR) is 65.9 cm³/mol. The second kappa shape index (κ2) is 7.33. The van der Waals surface area contributed by atoms with Gasteiger partial charge in [-0.1, -0.05) is 12.8 Å². The monoisotopic (exact) mass is 258 g/mol. The van der Waals surface area contributed by atoms with Gasteiger partial charge in [0.25, 0.3) is 0 Å². The van der Waals surface area contributed by atoms with Crippen LogP contribution in [-0.4, -0.2) is 52.2 Å². The third-order valence-corrected chi connectivity index (χ3v) is 3.23. The summed E-state index contributed by atoms with van der Waals surface area (Å²) in [5, 5.41) is 18.4. The number of aliphatic carboxylic acids is 1. The summed E-state index contributed by atoms with van der Waals surface area (Å²) in [4.78, 5) is 24.1. The van der Waals surface area contributed by atoms with E-state index in [-0.39, 0.29) is 18.9 Å².